The highest BCUT2D eigenvalue weighted by Crippen LogP contribution is 2.39. The van der Waals surface area contributed by atoms with Gasteiger partial charge in [-0.1, -0.05) is 12.8 Å². The summed E-state index contributed by atoms with van der Waals surface area (Å²) in [6.07, 6.45) is 1.59. The molecule has 184 valence electrons. The molecule has 4 atom stereocenters. The van der Waals surface area contributed by atoms with E-state index >= 15 is 0 Å². The zero-order chi connectivity index (χ0) is 24.4. The maximum absolute atomic E-state index is 11.9. The molecule has 0 unspecified atom stereocenters. The first-order valence-corrected chi connectivity index (χ1v) is 11.4. The van der Waals surface area contributed by atoms with Crippen molar-refractivity contribution in [1.29, 1.82) is 0 Å². The number of nitrogens with zero attached hydrogens (tertiary/aromatic N) is 4. The van der Waals surface area contributed by atoms with Crippen LogP contribution in [0, 0.1) is 0 Å². The molecule has 1 saturated carbocycles. The number of ether oxygens (including phenoxy) is 4. The number of hydrogen-bond acceptors (Lipinski definition) is 11. The molecule has 0 radical (unpaired) electrons. The molecule has 2 aromatic rings. The predicted octanol–water partition coefficient (Wildman–Crippen LogP) is 2.16. The van der Waals surface area contributed by atoms with Gasteiger partial charge in [0.05, 0.1) is 0 Å². The molecule has 3 heterocycles. The Morgan fingerprint density at radius 3 is 2.41 bits per heavy atom. The zero-order valence-corrected chi connectivity index (χ0v) is 19.8. The van der Waals surface area contributed by atoms with Crippen molar-refractivity contribution in [3.8, 4) is 0 Å². The van der Waals surface area contributed by atoms with Crippen molar-refractivity contribution >= 4 is 46.5 Å². The number of imidazole rings is 1. The Labute approximate surface area is 200 Å². The van der Waals surface area contributed by atoms with Gasteiger partial charge in [-0.05, 0) is 24.4 Å². The monoisotopic (exact) mass is 495 g/mol. The van der Waals surface area contributed by atoms with Gasteiger partial charge in [-0.25, -0.2) is 15.0 Å². The first-order valence-electron chi connectivity index (χ1n) is 11.0. The minimum Gasteiger partial charge on any atom is -0.463 e. The normalized spacial score (nSPS) is 24.8. The summed E-state index contributed by atoms with van der Waals surface area (Å²) in [5.41, 5.74) is 0.773. The second kappa shape index (κ2) is 10.1. The van der Waals surface area contributed by atoms with Crippen LogP contribution in [0.1, 0.15) is 52.7 Å². The summed E-state index contributed by atoms with van der Waals surface area (Å²) in [7, 11) is 0. The smallest absolute Gasteiger partial charge is 0.303 e. The molecule has 0 spiro atoms. The van der Waals surface area contributed by atoms with Crippen LogP contribution in [0.15, 0.2) is 6.33 Å². The zero-order valence-electron chi connectivity index (χ0n) is 19.0. The molecule has 12 nitrogen and oxygen atoms in total. The molecule has 1 aliphatic carbocycles. The van der Waals surface area contributed by atoms with E-state index in [9.17, 15) is 14.4 Å². The van der Waals surface area contributed by atoms with E-state index in [2.05, 4.69) is 20.3 Å². The molecule has 2 aromatic heterocycles. The van der Waals surface area contributed by atoms with E-state index in [0.717, 1.165) is 25.7 Å². The van der Waals surface area contributed by atoms with Crippen LogP contribution in [0.3, 0.4) is 0 Å². The first kappa shape index (κ1) is 24.1. The standard InChI is InChI=1S/C21H26ClN5O7/c1-10(28)31-8-14-16(32-11(2)29)17(33-12(3)30)20(34-14)27-19-15(26-21(27)22)18(23-9-24-19)25-13-6-4-5-7-13/h9,13-14,16-17,20H,4-8H2,1-3H3,(H,23,24,25)/t14-,16-,17-,20-/m1/s1. The Kier molecular flexibility index (Phi) is 7.17. The lowest BCUT2D eigenvalue weighted by Crippen LogP contribution is -2.40. The molecule has 0 amide bonds. The van der Waals surface area contributed by atoms with Crippen molar-refractivity contribution in [3.63, 3.8) is 0 Å². The fraction of sp³-hybridized carbons (Fsp3) is 0.619. The van der Waals surface area contributed by atoms with Gasteiger partial charge < -0.3 is 24.3 Å². The van der Waals surface area contributed by atoms with Gasteiger partial charge in [-0.15, -0.1) is 0 Å². The Bertz CT molecular complexity index is 1090. The third kappa shape index (κ3) is 5.07. The van der Waals surface area contributed by atoms with Gasteiger partial charge >= 0.3 is 17.9 Å². The predicted molar refractivity (Wildman–Crippen MR) is 118 cm³/mol. The van der Waals surface area contributed by atoms with E-state index in [0.29, 0.717) is 17.0 Å². The van der Waals surface area contributed by atoms with Crippen LogP contribution >= 0.6 is 11.6 Å². The lowest BCUT2D eigenvalue weighted by molar-refractivity contribution is -0.166. The fourth-order valence-corrected chi connectivity index (χ4v) is 4.64. The third-order valence-electron chi connectivity index (χ3n) is 5.72. The number of esters is 3. The first-order chi connectivity index (χ1) is 16.2. The van der Waals surface area contributed by atoms with Crippen LogP contribution in [0.25, 0.3) is 11.2 Å². The van der Waals surface area contributed by atoms with Crippen molar-refractivity contribution in [2.45, 2.75) is 77.0 Å². The number of nitrogens with one attached hydrogen (secondary N) is 1. The van der Waals surface area contributed by atoms with Gasteiger partial charge in [0.2, 0.25) is 5.28 Å². The van der Waals surface area contributed by atoms with E-state index in [1.165, 1.54) is 31.7 Å². The number of aromatic nitrogens is 4. The third-order valence-corrected chi connectivity index (χ3v) is 5.99. The van der Waals surface area contributed by atoms with Crippen molar-refractivity contribution in [2.75, 3.05) is 11.9 Å². The van der Waals surface area contributed by atoms with E-state index in [-0.39, 0.29) is 17.9 Å². The fourth-order valence-electron chi connectivity index (χ4n) is 4.38. The molecular weight excluding hydrogens is 470 g/mol. The van der Waals surface area contributed by atoms with Gasteiger partial charge in [-0.2, -0.15) is 0 Å². The number of hydrogen-bond donors (Lipinski definition) is 1. The van der Waals surface area contributed by atoms with E-state index in [1.54, 1.807) is 0 Å². The maximum atomic E-state index is 11.9. The average molecular weight is 496 g/mol. The van der Waals surface area contributed by atoms with Gasteiger partial charge in [0.1, 0.15) is 19.0 Å². The second-order valence-corrected chi connectivity index (χ2v) is 8.62. The molecular formula is C21H26ClN5O7. The highest BCUT2D eigenvalue weighted by atomic mass is 35.5. The van der Waals surface area contributed by atoms with Gasteiger partial charge in [0.25, 0.3) is 0 Å². The van der Waals surface area contributed by atoms with E-state index in [4.69, 9.17) is 30.5 Å². The SMILES string of the molecule is CC(=O)OC[C@H]1O[C@@H](n2c(Cl)nc3c(NC4CCCC4)ncnc32)[C@H](OC(C)=O)[C@@H]1OC(C)=O. The number of fused-ring (bicyclic) bond motifs is 1. The van der Waals surface area contributed by atoms with E-state index in [1.807, 2.05) is 0 Å². The summed E-state index contributed by atoms with van der Waals surface area (Å²) < 4.78 is 23.5. The average Bonchev–Trinajstić information content (AvgIpc) is 3.45. The van der Waals surface area contributed by atoms with Crippen LogP contribution in [-0.4, -0.2) is 68.4 Å². The molecule has 2 fully saturated rings. The van der Waals surface area contributed by atoms with Crippen molar-refractivity contribution in [1.82, 2.24) is 19.5 Å². The van der Waals surface area contributed by atoms with Crippen molar-refractivity contribution in [2.24, 2.45) is 0 Å². The van der Waals surface area contributed by atoms with Gasteiger partial charge in [-0.3, -0.25) is 19.0 Å². The Hall–Kier alpha value is -2.99. The maximum Gasteiger partial charge on any atom is 0.303 e. The van der Waals surface area contributed by atoms with Crippen LogP contribution < -0.4 is 5.32 Å². The molecule has 0 bridgehead atoms. The number of carbonyl (C=O) groups is 3. The largest absolute Gasteiger partial charge is 0.463 e. The second-order valence-electron chi connectivity index (χ2n) is 8.29. The molecule has 2 aliphatic rings. The summed E-state index contributed by atoms with van der Waals surface area (Å²) >= 11 is 6.51. The van der Waals surface area contributed by atoms with Crippen LogP contribution in [0.5, 0.6) is 0 Å². The number of rotatable bonds is 7. The summed E-state index contributed by atoms with van der Waals surface area (Å²) in [5.74, 6) is -1.25. The molecule has 34 heavy (non-hydrogen) atoms. The lowest BCUT2D eigenvalue weighted by Gasteiger charge is -2.24. The Balaban J connectivity index is 1.73. The minimum atomic E-state index is -1.10. The Morgan fingerprint density at radius 2 is 1.76 bits per heavy atom. The highest BCUT2D eigenvalue weighted by molar-refractivity contribution is 6.29. The molecule has 1 aliphatic heterocycles. The minimum absolute atomic E-state index is 0.0156. The van der Waals surface area contributed by atoms with Crippen molar-refractivity contribution in [3.05, 3.63) is 11.6 Å². The Morgan fingerprint density at radius 1 is 1.09 bits per heavy atom. The summed E-state index contributed by atoms with van der Waals surface area (Å²) in [4.78, 5) is 48.2. The van der Waals surface area contributed by atoms with Gasteiger partial charge in [0.15, 0.2) is 35.4 Å². The van der Waals surface area contributed by atoms with Gasteiger partial charge in [0, 0.05) is 26.8 Å². The van der Waals surface area contributed by atoms with Crippen LogP contribution in [-0.2, 0) is 33.3 Å². The van der Waals surface area contributed by atoms with E-state index < -0.39 is 42.4 Å². The highest BCUT2D eigenvalue weighted by Gasteiger charge is 2.51. The molecule has 13 heteroatoms. The number of anilines is 1. The topological polar surface area (TPSA) is 144 Å². The lowest BCUT2D eigenvalue weighted by atomic mass is 10.1. The quantitative estimate of drug-likeness (QED) is 0.342. The van der Waals surface area contributed by atoms with Crippen LogP contribution in [0.2, 0.25) is 5.28 Å². The number of carbonyl (C=O) groups excluding carboxylic acids is 3. The molecule has 4 rings (SSSR count). The number of halogens is 1. The summed E-state index contributed by atoms with van der Waals surface area (Å²) in [6.45, 7) is 3.46. The molecule has 1 saturated heterocycles. The molecule has 1 N–H and O–H groups in total. The van der Waals surface area contributed by atoms with Crippen molar-refractivity contribution < 1.29 is 33.3 Å². The summed E-state index contributed by atoms with van der Waals surface area (Å²) in [5, 5.41) is 3.41. The van der Waals surface area contributed by atoms with Crippen LogP contribution in [0.4, 0.5) is 5.82 Å². The summed E-state index contributed by atoms with van der Waals surface area (Å²) in [6, 6.07) is 0.278. The molecule has 0 aromatic carbocycles.